The van der Waals surface area contributed by atoms with Crippen LogP contribution in [0.5, 0.6) is 0 Å². The lowest BCUT2D eigenvalue weighted by Gasteiger charge is -2.43. The zero-order valence-corrected chi connectivity index (χ0v) is 21.7. The molecule has 2 aromatic rings. The minimum absolute atomic E-state index is 0.125. The van der Waals surface area contributed by atoms with Crippen LogP contribution in [0.3, 0.4) is 0 Å². The third-order valence-electron chi connectivity index (χ3n) is 7.60. The van der Waals surface area contributed by atoms with E-state index in [0.29, 0.717) is 38.1 Å². The molecule has 2 aliphatic heterocycles. The number of carbonyl (C=O) groups is 1. The highest BCUT2D eigenvalue weighted by Gasteiger charge is 2.35. The van der Waals surface area contributed by atoms with Crippen LogP contribution in [0.2, 0.25) is 0 Å². The lowest BCUT2D eigenvalue weighted by atomic mass is 9.95. The number of amides is 1. The molecule has 0 bridgehead atoms. The Labute approximate surface area is 214 Å². The van der Waals surface area contributed by atoms with Gasteiger partial charge in [0.15, 0.2) is 0 Å². The van der Waals surface area contributed by atoms with E-state index in [0.717, 1.165) is 43.6 Å². The fourth-order valence-corrected chi connectivity index (χ4v) is 5.55. The van der Waals surface area contributed by atoms with Crippen LogP contribution >= 0.6 is 0 Å². The third-order valence-corrected chi connectivity index (χ3v) is 7.60. The fraction of sp³-hybridized carbons (Fsp3) is 0.552. The maximum absolute atomic E-state index is 13.8. The molecule has 1 atom stereocenters. The van der Waals surface area contributed by atoms with Crippen molar-refractivity contribution in [3.05, 3.63) is 71.3 Å². The summed E-state index contributed by atoms with van der Waals surface area (Å²) in [5, 5.41) is 0. The molecule has 0 N–H and O–H groups in total. The number of nitrogens with zero attached hydrogens (tertiary/aromatic N) is 3. The number of hydrogen-bond donors (Lipinski definition) is 0. The van der Waals surface area contributed by atoms with Gasteiger partial charge in [-0.1, -0.05) is 38.1 Å². The molecule has 2 fully saturated rings. The predicted octanol–water partition coefficient (Wildman–Crippen LogP) is 4.72. The molecule has 0 saturated carbocycles. The number of halogens is 2. The maximum atomic E-state index is 13.8. The van der Waals surface area contributed by atoms with E-state index < -0.39 is 0 Å². The van der Waals surface area contributed by atoms with Gasteiger partial charge in [0.1, 0.15) is 11.6 Å². The molecule has 36 heavy (non-hydrogen) atoms. The van der Waals surface area contributed by atoms with E-state index in [1.54, 1.807) is 24.3 Å². The van der Waals surface area contributed by atoms with E-state index in [9.17, 15) is 13.6 Å². The molecular formula is C29H39F2N3O2. The average molecular weight is 500 g/mol. The van der Waals surface area contributed by atoms with Gasteiger partial charge in [-0.05, 0) is 67.6 Å². The summed E-state index contributed by atoms with van der Waals surface area (Å²) < 4.78 is 32.8. The van der Waals surface area contributed by atoms with E-state index in [2.05, 4.69) is 30.7 Å². The summed E-state index contributed by atoms with van der Waals surface area (Å²) in [6, 6.07) is 13.2. The van der Waals surface area contributed by atoms with Crippen LogP contribution in [-0.4, -0.2) is 79.1 Å². The maximum Gasteiger partial charge on any atom is 0.240 e. The number of hydrogen-bond acceptors (Lipinski definition) is 4. The second kappa shape index (κ2) is 12.3. The van der Waals surface area contributed by atoms with Gasteiger partial charge in [0.2, 0.25) is 5.91 Å². The molecule has 0 radical (unpaired) electrons. The van der Waals surface area contributed by atoms with Crippen LogP contribution in [0.4, 0.5) is 8.78 Å². The monoisotopic (exact) mass is 499 g/mol. The van der Waals surface area contributed by atoms with Crippen molar-refractivity contribution in [2.45, 2.75) is 51.2 Å². The first-order valence-corrected chi connectivity index (χ1v) is 13.2. The van der Waals surface area contributed by atoms with Crippen LogP contribution in [0.25, 0.3) is 0 Å². The van der Waals surface area contributed by atoms with E-state index >= 15 is 0 Å². The van der Waals surface area contributed by atoms with Crippen LogP contribution < -0.4 is 0 Å². The van der Waals surface area contributed by atoms with Gasteiger partial charge < -0.3 is 9.64 Å². The van der Waals surface area contributed by atoms with E-state index in [1.807, 2.05) is 4.90 Å². The first kappa shape index (κ1) is 26.7. The molecule has 7 heteroatoms. The van der Waals surface area contributed by atoms with Gasteiger partial charge in [-0.15, -0.1) is 0 Å². The second-order valence-electron chi connectivity index (χ2n) is 10.5. The first-order valence-electron chi connectivity index (χ1n) is 13.2. The highest BCUT2D eigenvalue weighted by Crippen LogP contribution is 2.30. The van der Waals surface area contributed by atoms with Crippen molar-refractivity contribution in [3.63, 3.8) is 0 Å². The van der Waals surface area contributed by atoms with Crippen LogP contribution in [0, 0.1) is 17.6 Å². The Morgan fingerprint density at radius 1 is 0.917 bits per heavy atom. The normalized spacial score (nSPS) is 18.8. The van der Waals surface area contributed by atoms with E-state index in [4.69, 9.17) is 4.74 Å². The molecule has 2 heterocycles. The van der Waals surface area contributed by atoms with Gasteiger partial charge in [-0.25, -0.2) is 8.78 Å². The Balaban J connectivity index is 1.48. The lowest BCUT2D eigenvalue weighted by Crippen LogP contribution is -2.57. The van der Waals surface area contributed by atoms with Gasteiger partial charge >= 0.3 is 0 Å². The number of likely N-dealkylation sites (N-methyl/N-ethyl adjacent to an activating group) is 1. The number of benzene rings is 2. The molecule has 196 valence electrons. The van der Waals surface area contributed by atoms with Crippen molar-refractivity contribution in [1.29, 1.82) is 0 Å². The molecule has 4 rings (SSSR count). The largest absolute Gasteiger partial charge is 0.381 e. The standard InChI is InChI=1S/C29H39F2N3O2/c1-21(2)20-27(32(3)26-12-18-36-19-13-26)29(35)34-16-14-33(15-17-34)28(22-4-8-24(30)9-5-22)23-6-10-25(31)11-7-23/h4-11,21,26-28H,12-20H2,1-3H3. The van der Waals surface area contributed by atoms with Crippen LogP contribution in [0.15, 0.2) is 48.5 Å². The van der Waals surface area contributed by atoms with E-state index in [-0.39, 0.29) is 29.6 Å². The zero-order chi connectivity index (χ0) is 25.7. The topological polar surface area (TPSA) is 36.0 Å². The third kappa shape index (κ3) is 6.50. The van der Waals surface area contributed by atoms with Crippen LogP contribution in [-0.2, 0) is 9.53 Å². The number of rotatable bonds is 8. The summed E-state index contributed by atoms with van der Waals surface area (Å²) in [7, 11) is 2.09. The van der Waals surface area contributed by atoms with Crippen molar-refractivity contribution in [2.24, 2.45) is 5.92 Å². The Morgan fingerprint density at radius 3 is 1.89 bits per heavy atom. The Kier molecular flexibility index (Phi) is 9.09. The van der Waals surface area contributed by atoms with Gasteiger partial charge in [0, 0.05) is 45.4 Å². The first-order chi connectivity index (χ1) is 17.3. The second-order valence-corrected chi connectivity index (χ2v) is 10.5. The predicted molar refractivity (Wildman–Crippen MR) is 138 cm³/mol. The van der Waals surface area contributed by atoms with Gasteiger partial charge in [0.05, 0.1) is 12.1 Å². The summed E-state index contributed by atoms with van der Waals surface area (Å²) in [6.45, 7) is 8.51. The zero-order valence-electron chi connectivity index (χ0n) is 21.7. The minimum atomic E-state index is -0.281. The smallest absolute Gasteiger partial charge is 0.240 e. The summed E-state index contributed by atoms with van der Waals surface area (Å²) in [5.41, 5.74) is 1.92. The number of carbonyl (C=O) groups excluding carboxylic acids is 1. The highest BCUT2D eigenvalue weighted by molar-refractivity contribution is 5.82. The Bertz CT molecular complexity index is 924. The summed E-state index contributed by atoms with van der Waals surface area (Å²) in [6.07, 6.45) is 2.76. The van der Waals surface area contributed by atoms with Crippen molar-refractivity contribution in [3.8, 4) is 0 Å². The lowest BCUT2D eigenvalue weighted by molar-refractivity contribution is -0.141. The molecule has 1 amide bonds. The molecule has 2 saturated heterocycles. The van der Waals surface area contributed by atoms with Gasteiger partial charge in [0.25, 0.3) is 0 Å². The molecular weight excluding hydrogens is 460 g/mol. The fourth-order valence-electron chi connectivity index (χ4n) is 5.55. The SMILES string of the molecule is CC(C)CC(C(=O)N1CCN(C(c2ccc(F)cc2)c2ccc(F)cc2)CC1)N(C)C1CCOCC1. The number of ether oxygens (including phenoxy) is 1. The molecule has 2 aromatic carbocycles. The number of piperazine rings is 1. The quantitative estimate of drug-likeness (QED) is 0.527. The molecule has 1 unspecified atom stereocenters. The van der Waals surface area contributed by atoms with Gasteiger partial charge in [-0.2, -0.15) is 0 Å². The molecule has 0 aliphatic carbocycles. The Morgan fingerprint density at radius 2 is 1.42 bits per heavy atom. The molecule has 0 aromatic heterocycles. The van der Waals surface area contributed by atoms with Crippen LogP contribution in [0.1, 0.15) is 50.3 Å². The summed E-state index contributed by atoms with van der Waals surface area (Å²) >= 11 is 0. The molecule has 5 nitrogen and oxygen atoms in total. The summed E-state index contributed by atoms with van der Waals surface area (Å²) in [4.78, 5) is 20.4. The average Bonchev–Trinajstić information content (AvgIpc) is 2.89. The van der Waals surface area contributed by atoms with Crippen molar-refractivity contribution in [2.75, 3.05) is 46.4 Å². The summed E-state index contributed by atoms with van der Waals surface area (Å²) in [5.74, 6) is 0.0649. The Hall–Kier alpha value is -2.35. The highest BCUT2D eigenvalue weighted by atomic mass is 19.1. The van der Waals surface area contributed by atoms with Crippen molar-refractivity contribution in [1.82, 2.24) is 14.7 Å². The van der Waals surface area contributed by atoms with Gasteiger partial charge in [-0.3, -0.25) is 14.6 Å². The molecule has 2 aliphatic rings. The van der Waals surface area contributed by atoms with Crippen molar-refractivity contribution >= 4 is 5.91 Å². The minimum Gasteiger partial charge on any atom is -0.381 e. The van der Waals surface area contributed by atoms with Crippen molar-refractivity contribution < 1.29 is 18.3 Å². The van der Waals surface area contributed by atoms with E-state index in [1.165, 1.54) is 24.3 Å². The molecule has 0 spiro atoms.